The van der Waals surface area contributed by atoms with Crippen LogP contribution in [0.3, 0.4) is 0 Å². The van der Waals surface area contributed by atoms with Gasteiger partial charge in [-0.05, 0) is 24.1 Å². The van der Waals surface area contributed by atoms with Crippen molar-refractivity contribution in [1.82, 2.24) is 0 Å². The molecule has 0 fully saturated rings. The Morgan fingerprint density at radius 2 is 2.29 bits per heavy atom. The Labute approximate surface area is 82.9 Å². The summed E-state index contributed by atoms with van der Waals surface area (Å²) in [7, 11) is 0. The molecule has 1 amide bonds. The summed E-state index contributed by atoms with van der Waals surface area (Å²) >= 11 is 0. The van der Waals surface area contributed by atoms with E-state index in [0.717, 1.165) is 11.1 Å². The minimum atomic E-state index is -0.362. The second-order valence-electron chi connectivity index (χ2n) is 3.06. The molecular formula is C11H13NO2. The molecule has 0 aromatic heterocycles. The van der Waals surface area contributed by atoms with Crippen LogP contribution in [0.4, 0.5) is 0 Å². The van der Waals surface area contributed by atoms with Crippen LogP contribution >= 0.6 is 0 Å². The molecule has 0 aliphatic rings. The van der Waals surface area contributed by atoms with Crippen LogP contribution in [-0.4, -0.2) is 11.0 Å². The molecule has 3 heteroatoms. The van der Waals surface area contributed by atoms with Crippen LogP contribution in [0.1, 0.15) is 17.5 Å². The largest absolute Gasteiger partial charge is 0.508 e. The predicted molar refractivity (Wildman–Crippen MR) is 55.7 cm³/mol. The lowest BCUT2D eigenvalue weighted by Gasteiger charge is -2.01. The molecule has 3 N–H and O–H groups in total. The highest BCUT2D eigenvalue weighted by Gasteiger charge is 1.98. The third-order valence-electron chi connectivity index (χ3n) is 1.96. The molecule has 0 atom stereocenters. The predicted octanol–water partition coefficient (Wildman–Crippen LogP) is 1.59. The van der Waals surface area contributed by atoms with Crippen LogP contribution < -0.4 is 5.73 Å². The van der Waals surface area contributed by atoms with Gasteiger partial charge in [0, 0.05) is 6.42 Å². The molecule has 0 heterocycles. The van der Waals surface area contributed by atoms with Crippen molar-refractivity contribution >= 4 is 12.0 Å². The first-order valence-corrected chi connectivity index (χ1v) is 4.34. The SMILES string of the molecule is Cc1c(O)cccc1C=CCC(N)=O. The van der Waals surface area contributed by atoms with E-state index in [0.29, 0.717) is 0 Å². The van der Waals surface area contributed by atoms with E-state index >= 15 is 0 Å². The number of hydrogen-bond acceptors (Lipinski definition) is 2. The third-order valence-corrected chi connectivity index (χ3v) is 1.96. The van der Waals surface area contributed by atoms with Crippen molar-refractivity contribution in [3.63, 3.8) is 0 Å². The fourth-order valence-corrected chi connectivity index (χ4v) is 1.12. The number of carbonyl (C=O) groups excluding carboxylic acids is 1. The summed E-state index contributed by atoms with van der Waals surface area (Å²) in [6, 6.07) is 5.25. The normalized spacial score (nSPS) is 10.6. The summed E-state index contributed by atoms with van der Waals surface area (Å²) in [6.07, 6.45) is 3.68. The molecule has 0 aliphatic heterocycles. The molecule has 0 bridgehead atoms. The van der Waals surface area contributed by atoms with Crippen LogP contribution in [0.25, 0.3) is 6.08 Å². The zero-order valence-corrected chi connectivity index (χ0v) is 8.03. The highest BCUT2D eigenvalue weighted by molar-refractivity contribution is 5.76. The fourth-order valence-electron chi connectivity index (χ4n) is 1.12. The summed E-state index contributed by atoms with van der Waals surface area (Å²) in [6.45, 7) is 1.82. The Bertz CT molecular complexity index is 370. The zero-order chi connectivity index (χ0) is 10.6. The van der Waals surface area contributed by atoms with E-state index in [2.05, 4.69) is 0 Å². The maximum Gasteiger partial charge on any atom is 0.221 e. The zero-order valence-electron chi connectivity index (χ0n) is 8.03. The average molecular weight is 191 g/mol. The van der Waals surface area contributed by atoms with Gasteiger partial charge in [0.05, 0.1) is 0 Å². The van der Waals surface area contributed by atoms with Gasteiger partial charge in [0.15, 0.2) is 0 Å². The molecule has 0 saturated carbocycles. The quantitative estimate of drug-likeness (QED) is 0.762. The molecule has 1 aromatic rings. The van der Waals surface area contributed by atoms with Gasteiger partial charge in [-0.15, -0.1) is 0 Å². The van der Waals surface area contributed by atoms with E-state index in [1.165, 1.54) is 0 Å². The number of carbonyl (C=O) groups is 1. The second kappa shape index (κ2) is 4.46. The van der Waals surface area contributed by atoms with E-state index in [9.17, 15) is 9.90 Å². The molecule has 0 radical (unpaired) electrons. The van der Waals surface area contributed by atoms with Gasteiger partial charge >= 0.3 is 0 Å². The topological polar surface area (TPSA) is 63.3 Å². The Balaban J connectivity index is 2.81. The molecular weight excluding hydrogens is 178 g/mol. The van der Waals surface area contributed by atoms with Crippen molar-refractivity contribution in [3.05, 3.63) is 35.4 Å². The number of phenolic OH excluding ortho intramolecular Hbond substituents is 1. The Morgan fingerprint density at radius 1 is 1.57 bits per heavy atom. The van der Waals surface area contributed by atoms with Gasteiger partial charge in [-0.1, -0.05) is 24.3 Å². The first-order valence-electron chi connectivity index (χ1n) is 4.34. The van der Waals surface area contributed by atoms with Crippen LogP contribution in [0.2, 0.25) is 0 Å². The molecule has 0 spiro atoms. The Kier molecular flexibility index (Phi) is 3.29. The number of amides is 1. The lowest BCUT2D eigenvalue weighted by Crippen LogP contribution is -2.07. The molecule has 1 aromatic carbocycles. The number of benzene rings is 1. The lowest BCUT2D eigenvalue weighted by molar-refractivity contribution is -0.117. The van der Waals surface area contributed by atoms with Crippen LogP contribution in [0, 0.1) is 6.92 Å². The second-order valence-corrected chi connectivity index (χ2v) is 3.06. The number of phenols is 1. The van der Waals surface area contributed by atoms with Crippen LogP contribution in [0.15, 0.2) is 24.3 Å². The van der Waals surface area contributed by atoms with Gasteiger partial charge in [-0.3, -0.25) is 4.79 Å². The molecule has 0 unspecified atom stereocenters. The standard InChI is InChI=1S/C11H13NO2/c1-8-9(4-2-6-10(8)13)5-3-7-11(12)14/h2-6,13H,7H2,1H3,(H2,12,14). The molecule has 1 rings (SSSR count). The Hall–Kier alpha value is -1.77. The van der Waals surface area contributed by atoms with Crippen molar-refractivity contribution in [3.8, 4) is 5.75 Å². The highest BCUT2D eigenvalue weighted by Crippen LogP contribution is 2.20. The van der Waals surface area contributed by atoms with Gasteiger partial charge in [0.2, 0.25) is 5.91 Å². The minimum absolute atomic E-state index is 0.217. The maximum atomic E-state index is 10.5. The first-order chi connectivity index (χ1) is 6.61. The number of hydrogen-bond donors (Lipinski definition) is 2. The minimum Gasteiger partial charge on any atom is -0.508 e. The Morgan fingerprint density at radius 3 is 2.93 bits per heavy atom. The lowest BCUT2D eigenvalue weighted by atomic mass is 10.1. The van der Waals surface area contributed by atoms with E-state index in [1.807, 2.05) is 13.0 Å². The summed E-state index contributed by atoms with van der Waals surface area (Å²) in [4.78, 5) is 10.5. The molecule has 74 valence electrons. The van der Waals surface area contributed by atoms with Crippen LogP contribution in [0.5, 0.6) is 5.75 Å². The highest BCUT2D eigenvalue weighted by atomic mass is 16.3. The number of aromatic hydroxyl groups is 1. The molecule has 3 nitrogen and oxygen atoms in total. The van der Waals surface area contributed by atoms with E-state index in [1.54, 1.807) is 24.3 Å². The van der Waals surface area contributed by atoms with E-state index in [-0.39, 0.29) is 18.1 Å². The summed E-state index contributed by atoms with van der Waals surface area (Å²) in [5.41, 5.74) is 6.68. The van der Waals surface area contributed by atoms with Gasteiger partial charge in [-0.2, -0.15) is 0 Å². The fraction of sp³-hybridized carbons (Fsp3) is 0.182. The summed E-state index contributed by atoms with van der Waals surface area (Å²) in [5, 5.41) is 9.38. The van der Waals surface area contributed by atoms with Crippen molar-refractivity contribution < 1.29 is 9.90 Å². The van der Waals surface area contributed by atoms with E-state index in [4.69, 9.17) is 5.73 Å². The molecule has 14 heavy (non-hydrogen) atoms. The number of nitrogens with two attached hydrogens (primary N) is 1. The average Bonchev–Trinajstić information content (AvgIpc) is 2.12. The monoisotopic (exact) mass is 191 g/mol. The summed E-state index contributed by atoms with van der Waals surface area (Å²) < 4.78 is 0. The van der Waals surface area contributed by atoms with Crippen LogP contribution in [-0.2, 0) is 4.79 Å². The third kappa shape index (κ3) is 2.62. The molecule has 0 aliphatic carbocycles. The van der Waals surface area contributed by atoms with E-state index < -0.39 is 0 Å². The van der Waals surface area contributed by atoms with Gasteiger partial charge in [-0.25, -0.2) is 0 Å². The van der Waals surface area contributed by atoms with Gasteiger partial charge in [0.25, 0.3) is 0 Å². The number of rotatable bonds is 3. The van der Waals surface area contributed by atoms with Gasteiger partial charge < -0.3 is 10.8 Å². The van der Waals surface area contributed by atoms with Crippen molar-refractivity contribution in [2.24, 2.45) is 5.73 Å². The smallest absolute Gasteiger partial charge is 0.221 e. The first kappa shape index (κ1) is 10.3. The van der Waals surface area contributed by atoms with Crippen molar-refractivity contribution in [2.75, 3.05) is 0 Å². The van der Waals surface area contributed by atoms with Gasteiger partial charge in [0.1, 0.15) is 5.75 Å². The van der Waals surface area contributed by atoms with Crippen molar-refractivity contribution in [2.45, 2.75) is 13.3 Å². The van der Waals surface area contributed by atoms with Crippen molar-refractivity contribution in [1.29, 1.82) is 0 Å². The summed E-state index contributed by atoms with van der Waals surface area (Å²) in [5.74, 6) is -0.106. The molecule has 0 saturated heterocycles. The number of primary amides is 1. The maximum absolute atomic E-state index is 10.5.